The van der Waals surface area contributed by atoms with Crippen LogP contribution in [0, 0.1) is 6.92 Å². The summed E-state index contributed by atoms with van der Waals surface area (Å²) in [7, 11) is 0. The lowest BCUT2D eigenvalue weighted by molar-refractivity contribution is -0.134. The second kappa shape index (κ2) is 9.21. The lowest BCUT2D eigenvalue weighted by atomic mass is 10.1. The molecule has 2 aromatic carbocycles. The van der Waals surface area contributed by atoms with E-state index < -0.39 is 0 Å². The van der Waals surface area contributed by atoms with E-state index in [0.29, 0.717) is 44.0 Å². The predicted molar refractivity (Wildman–Crippen MR) is 132 cm³/mol. The van der Waals surface area contributed by atoms with Gasteiger partial charge in [0, 0.05) is 31.1 Å². The zero-order chi connectivity index (χ0) is 23.7. The van der Waals surface area contributed by atoms with Gasteiger partial charge in [0.25, 0.3) is 5.91 Å². The Morgan fingerprint density at radius 1 is 0.971 bits per heavy atom. The zero-order valence-electron chi connectivity index (χ0n) is 19.6. The first-order valence-corrected chi connectivity index (χ1v) is 11.7. The highest BCUT2D eigenvalue weighted by Crippen LogP contribution is 2.25. The molecule has 1 aliphatic heterocycles. The maximum absolute atomic E-state index is 13.6. The van der Waals surface area contributed by atoms with Crippen molar-refractivity contribution >= 4 is 22.9 Å². The Morgan fingerprint density at radius 2 is 1.74 bits per heavy atom. The van der Waals surface area contributed by atoms with E-state index in [-0.39, 0.29) is 17.9 Å². The average molecular weight is 456 g/mol. The predicted octanol–water partition coefficient (Wildman–Crippen LogP) is 4.51. The van der Waals surface area contributed by atoms with Gasteiger partial charge < -0.3 is 18.8 Å². The first kappa shape index (κ1) is 22.0. The highest BCUT2D eigenvalue weighted by atomic mass is 16.3. The van der Waals surface area contributed by atoms with E-state index in [4.69, 9.17) is 4.42 Å². The maximum Gasteiger partial charge on any atom is 0.270 e. The van der Waals surface area contributed by atoms with Crippen LogP contribution in [0.1, 0.15) is 34.1 Å². The number of rotatable bonds is 5. The molecule has 5 rings (SSSR count). The van der Waals surface area contributed by atoms with Crippen molar-refractivity contribution < 1.29 is 14.0 Å². The van der Waals surface area contributed by atoms with E-state index >= 15 is 0 Å². The van der Waals surface area contributed by atoms with Crippen molar-refractivity contribution in [1.82, 2.24) is 14.4 Å². The maximum atomic E-state index is 13.6. The van der Waals surface area contributed by atoms with Crippen LogP contribution in [0.4, 0.5) is 0 Å². The third-order valence-corrected chi connectivity index (χ3v) is 6.62. The molecule has 3 heterocycles. The zero-order valence-corrected chi connectivity index (χ0v) is 19.6. The minimum Gasteiger partial charge on any atom is -0.448 e. The molecule has 2 amide bonds. The van der Waals surface area contributed by atoms with Crippen LogP contribution >= 0.6 is 0 Å². The smallest absolute Gasteiger partial charge is 0.270 e. The summed E-state index contributed by atoms with van der Waals surface area (Å²) in [6.45, 7) is 6.19. The van der Waals surface area contributed by atoms with E-state index in [1.165, 1.54) is 5.56 Å². The van der Waals surface area contributed by atoms with Gasteiger partial charge in [-0.1, -0.05) is 60.2 Å². The Labute approximate surface area is 199 Å². The number of hydrogen-bond acceptors (Lipinski definition) is 3. The molecule has 0 spiro atoms. The first-order chi connectivity index (χ1) is 16.5. The van der Waals surface area contributed by atoms with Gasteiger partial charge >= 0.3 is 0 Å². The molecular weight excluding hydrogens is 426 g/mol. The largest absolute Gasteiger partial charge is 0.448 e. The van der Waals surface area contributed by atoms with Gasteiger partial charge in [-0.2, -0.15) is 0 Å². The Balaban J connectivity index is 1.32. The first-order valence-electron chi connectivity index (χ1n) is 11.7. The SMILES string of the molecule is Cc1ccc(Cn2c(C(=O)N3CCN(C(=O)Cc4ccccc4)[C@@H](C)C3)cc3ccoc32)cc1. The normalized spacial score (nSPS) is 16.2. The van der Waals surface area contributed by atoms with Crippen LogP contribution in [0.15, 0.2) is 77.4 Å². The van der Waals surface area contributed by atoms with Crippen molar-refractivity contribution in [1.29, 1.82) is 0 Å². The van der Waals surface area contributed by atoms with Crippen molar-refractivity contribution in [3.05, 3.63) is 95.4 Å². The summed E-state index contributed by atoms with van der Waals surface area (Å²) in [6.07, 6.45) is 2.04. The summed E-state index contributed by atoms with van der Waals surface area (Å²) in [6, 6.07) is 21.9. The van der Waals surface area contributed by atoms with E-state index in [9.17, 15) is 9.59 Å². The molecule has 2 aromatic heterocycles. The average Bonchev–Trinajstić information content (AvgIpc) is 3.43. The van der Waals surface area contributed by atoms with Gasteiger partial charge in [-0.05, 0) is 37.1 Å². The van der Waals surface area contributed by atoms with E-state index in [1.807, 2.05) is 63.8 Å². The molecular formula is C28H29N3O3. The van der Waals surface area contributed by atoms with Crippen molar-refractivity contribution in [2.45, 2.75) is 32.9 Å². The van der Waals surface area contributed by atoms with Crippen LogP contribution in [0.5, 0.6) is 0 Å². The van der Waals surface area contributed by atoms with Gasteiger partial charge in [-0.3, -0.25) is 9.59 Å². The van der Waals surface area contributed by atoms with Gasteiger partial charge in [0.2, 0.25) is 11.6 Å². The molecule has 174 valence electrons. The Kier molecular flexibility index (Phi) is 5.97. The van der Waals surface area contributed by atoms with Crippen molar-refractivity contribution in [2.24, 2.45) is 0 Å². The van der Waals surface area contributed by atoms with Crippen LogP contribution in [-0.4, -0.2) is 51.9 Å². The molecule has 0 aliphatic carbocycles. The molecule has 4 aromatic rings. The second-order valence-electron chi connectivity index (χ2n) is 9.13. The lowest BCUT2D eigenvalue weighted by Crippen LogP contribution is -2.56. The van der Waals surface area contributed by atoms with Crippen LogP contribution in [0.25, 0.3) is 11.1 Å². The molecule has 1 saturated heterocycles. The summed E-state index contributed by atoms with van der Waals surface area (Å²) in [5.74, 6) is 0.0755. The molecule has 6 nitrogen and oxygen atoms in total. The summed E-state index contributed by atoms with van der Waals surface area (Å²) < 4.78 is 7.69. The topological polar surface area (TPSA) is 58.7 Å². The van der Waals surface area contributed by atoms with Crippen LogP contribution < -0.4 is 0 Å². The molecule has 0 bridgehead atoms. The minimum atomic E-state index is -0.0441. The fraction of sp³-hybridized carbons (Fsp3) is 0.286. The number of nitrogens with zero attached hydrogens (tertiary/aromatic N) is 3. The third-order valence-electron chi connectivity index (χ3n) is 6.62. The van der Waals surface area contributed by atoms with Crippen molar-refractivity contribution in [3.63, 3.8) is 0 Å². The number of aromatic nitrogens is 1. The number of fused-ring (bicyclic) bond motifs is 1. The van der Waals surface area contributed by atoms with Gasteiger partial charge in [0.1, 0.15) is 5.69 Å². The molecule has 1 aliphatic rings. The van der Waals surface area contributed by atoms with Gasteiger partial charge in [0.15, 0.2) is 0 Å². The fourth-order valence-electron chi connectivity index (χ4n) is 4.73. The number of benzene rings is 2. The van der Waals surface area contributed by atoms with Gasteiger partial charge in [-0.15, -0.1) is 0 Å². The number of piperazine rings is 1. The van der Waals surface area contributed by atoms with Gasteiger partial charge in [-0.25, -0.2) is 0 Å². The minimum absolute atomic E-state index is 0.0273. The number of aryl methyl sites for hydroxylation is 1. The molecule has 6 heteroatoms. The second-order valence-corrected chi connectivity index (χ2v) is 9.13. The van der Waals surface area contributed by atoms with Crippen molar-refractivity contribution in [2.75, 3.05) is 19.6 Å². The Hall–Kier alpha value is -3.80. The molecule has 0 unspecified atom stereocenters. The summed E-state index contributed by atoms with van der Waals surface area (Å²) in [4.78, 5) is 30.3. The number of carbonyl (C=O) groups excluding carboxylic acids is 2. The highest BCUT2D eigenvalue weighted by Gasteiger charge is 2.31. The molecule has 0 radical (unpaired) electrons. The lowest BCUT2D eigenvalue weighted by Gasteiger charge is -2.40. The van der Waals surface area contributed by atoms with Crippen LogP contribution in [-0.2, 0) is 17.8 Å². The number of hydrogen-bond donors (Lipinski definition) is 0. The number of carbonyl (C=O) groups is 2. The number of furan rings is 1. The quantitative estimate of drug-likeness (QED) is 0.445. The molecule has 34 heavy (non-hydrogen) atoms. The van der Waals surface area contributed by atoms with Crippen molar-refractivity contribution in [3.8, 4) is 0 Å². The monoisotopic (exact) mass is 455 g/mol. The van der Waals surface area contributed by atoms with Gasteiger partial charge in [0.05, 0.1) is 19.2 Å². The van der Waals surface area contributed by atoms with E-state index in [0.717, 1.165) is 16.5 Å². The van der Waals surface area contributed by atoms with Crippen LogP contribution in [0.2, 0.25) is 0 Å². The number of amides is 2. The molecule has 0 saturated carbocycles. The Morgan fingerprint density at radius 3 is 2.47 bits per heavy atom. The third kappa shape index (κ3) is 4.36. The summed E-state index contributed by atoms with van der Waals surface area (Å²) >= 11 is 0. The molecule has 1 fully saturated rings. The van der Waals surface area contributed by atoms with E-state index in [1.54, 1.807) is 6.26 Å². The summed E-state index contributed by atoms with van der Waals surface area (Å²) in [5, 5.41) is 0.917. The summed E-state index contributed by atoms with van der Waals surface area (Å²) in [5.41, 5.74) is 4.64. The van der Waals surface area contributed by atoms with Crippen LogP contribution in [0.3, 0.4) is 0 Å². The van der Waals surface area contributed by atoms with E-state index in [2.05, 4.69) is 31.2 Å². The molecule has 1 atom stereocenters. The highest BCUT2D eigenvalue weighted by molar-refractivity contribution is 5.98. The Bertz CT molecular complexity index is 1300. The standard InChI is InChI=1S/C28H29N3O3/c1-20-8-10-23(11-9-20)19-31-25(17-24-12-15-34-28(24)31)27(33)29-13-14-30(21(2)18-29)26(32)16-22-6-4-3-5-7-22/h3-12,15,17,21H,13-14,16,18-19H2,1-2H3/t21-/m0/s1. The fourth-order valence-corrected chi connectivity index (χ4v) is 4.73. The molecule has 0 N–H and O–H groups in total.